The number of nitrogens with one attached hydrogen (secondary N) is 1. The van der Waals surface area contributed by atoms with Gasteiger partial charge in [0.15, 0.2) is 0 Å². The van der Waals surface area contributed by atoms with Crippen molar-refractivity contribution >= 4 is 5.91 Å². The Hall–Kier alpha value is -0.910. The third-order valence-corrected chi connectivity index (χ3v) is 8.32. The Morgan fingerprint density at radius 1 is 0.610 bits per heavy atom. The average Bonchev–Trinajstić information content (AvgIpc) is 2.96. The van der Waals surface area contributed by atoms with E-state index in [1.807, 2.05) is 6.08 Å². The number of allylic oxidation sites excluding steroid dienone is 1. The van der Waals surface area contributed by atoms with Crippen LogP contribution in [0.3, 0.4) is 0 Å². The van der Waals surface area contributed by atoms with E-state index in [0.717, 1.165) is 25.7 Å². The van der Waals surface area contributed by atoms with Crippen LogP contribution in [0.25, 0.3) is 0 Å². The van der Waals surface area contributed by atoms with Gasteiger partial charge in [0.1, 0.15) is 0 Å². The van der Waals surface area contributed by atoms with Gasteiger partial charge >= 0.3 is 0 Å². The first-order valence-electron chi connectivity index (χ1n) is 18.0. The van der Waals surface area contributed by atoms with E-state index in [0.29, 0.717) is 6.42 Å². The van der Waals surface area contributed by atoms with Crippen LogP contribution in [0, 0.1) is 0 Å². The molecule has 244 valence electrons. The molecule has 0 aromatic heterocycles. The van der Waals surface area contributed by atoms with Crippen molar-refractivity contribution in [3.05, 3.63) is 12.2 Å². The van der Waals surface area contributed by atoms with Gasteiger partial charge in [0, 0.05) is 0 Å². The lowest BCUT2D eigenvalue weighted by Crippen LogP contribution is -2.45. The fraction of sp³-hybridized carbons (Fsp3) is 0.917. The third kappa shape index (κ3) is 29.0. The summed E-state index contributed by atoms with van der Waals surface area (Å²) in [6.45, 7) is 4.19. The van der Waals surface area contributed by atoms with Gasteiger partial charge in [0.05, 0.1) is 31.3 Å². The smallest absolute Gasteiger partial charge is 0.222 e. The number of aliphatic hydroxyl groups is 3. The zero-order valence-corrected chi connectivity index (χ0v) is 27.4. The number of hydrogen-bond donors (Lipinski definition) is 4. The van der Waals surface area contributed by atoms with E-state index in [-0.39, 0.29) is 18.9 Å². The van der Waals surface area contributed by atoms with Crippen molar-refractivity contribution in [2.24, 2.45) is 0 Å². The summed E-state index contributed by atoms with van der Waals surface area (Å²) in [6, 6.07) is -0.736. The second-order valence-corrected chi connectivity index (χ2v) is 12.5. The summed E-state index contributed by atoms with van der Waals surface area (Å²) in [5.74, 6) is -0.316. The van der Waals surface area contributed by atoms with Crippen molar-refractivity contribution in [2.45, 2.75) is 205 Å². The molecule has 41 heavy (non-hydrogen) atoms. The Balaban J connectivity index is 3.74. The Labute approximate surface area is 255 Å². The summed E-state index contributed by atoms with van der Waals surface area (Å²) in [4.78, 5) is 12.3. The van der Waals surface area contributed by atoms with Crippen molar-refractivity contribution in [1.82, 2.24) is 5.32 Å². The Kier molecular flexibility index (Phi) is 31.3. The van der Waals surface area contributed by atoms with Crippen LogP contribution in [-0.2, 0) is 4.79 Å². The van der Waals surface area contributed by atoms with Gasteiger partial charge in [0.2, 0.25) is 5.91 Å². The van der Waals surface area contributed by atoms with Crippen molar-refractivity contribution in [3.8, 4) is 0 Å². The maximum absolute atomic E-state index is 12.3. The topological polar surface area (TPSA) is 89.8 Å². The molecule has 0 saturated carbocycles. The van der Waals surface area contributed by atoms with Crippen molar-refractivity contribution in [2.75, 3.05) is 6.61 Å². The molecule has 0 aromatic rings. The van der Waals surface area contributed by atoms with E-state index in [1.54, 1.807) is 6.08 Å². The van der Waals surface area contributed by atoms with Gasteiger partial charge in [-0.1, -0.05) is 174 Å². The van der Waals surface area contributed by atoms with Crippen molar-refractivity contribution in [1.29, 1.82) is 0 Å². The minimum atomic E-state index is -0.921. The normalized spacial score (nSPS) is 14.0. The van der Waals surface area contributed by atoms with Crippen LogP contribution in [-0.4, -0.2) is 46.1 Å². The van der Waals surface area contributed by atoms with Crippen LogP contribution in [0.5, 0.6) is 0 Å². The summed E-state index contributed by atoms with van der Waals surface area (Å²) in [5, 5.41) is 33.0. The summed E-state index contributed by atoms with van der Waals surface area (Å²) in [7, 11) is 0. The van der Waals surface area contributed by atoms with E-state index in [4.69, 9.17) is 0 Å². The van der Waals surface area contributed by atoms with Gasteiger partial charge in [0.25, 0.3) is 0 Å². The average molecular weight is 582 g/mol. The van der Waals surface area contributed by atoms with Gasteiger partial charge < -0.3 is 20.6 Å². The van der Waals surface area contributed by atoms with Crippen LogP contribution in [0.2, 0.25) is 0 Å². The quantitative estimate of drug-likeness (QED) is 0.0471. The lowest BCUT2D eigenvalue weighted by atomic mass is 10.0. The molecule has 3 atom stereocenters. The standard InChI is InChI=1S/C36H71NO4/c1-3-5-7-9-11-13-15-17-19-21-23-25-27-29-33(39)31-36(41)37-34(32-38)35(40)30-28-26-24-22-20-18-16-14-12-10-8-6-4-2/h28,30,33-35,38-40H,3-27,29,31-32H2,1-2H3,(H,37,41)/b30-28+. The molecule has 0 radical (unpaired) electrons. The number of rotatable bonds is 32. The maximum atomic E-state index is 12.3. The zero-order valence-electron chi connectivity index (χ0n) is 27.4. The summed E-state index contributed by atoms with van der Waals surface area (Å²) >= 11 is 0. The molecule has 0 aromatic carbocycles. The van der Waals surface area contributed by atoms with Crippen LogP contribution in [0.15, 0.2) is 12.2 Å². The fourth-order valence-electron chi connectivity index (χ4n) is 5.51. The first-order valence-corrected chi connectivity index (χ1v) is 18.0. The molecular weight excluding hydrogens is 510 g/mol. The highest BCUT2D eigenvalue weighted by Gasteiger charge is 2.20. The lowest BCUT2D eigenvalue weighted by Gasteiger charge is -2.21. The monoisotopic (exact) mass is 582 g/mol. The molecule has 4 N–H and O–H groups in total. The van der Waals surface area contributed by atoms with Gasteiger partial charge in [-0.05, 0) is 19.3 Å². The van der Waals surface area contributed by atoms with Crippen LogP contribution in [0.1, 0.15) is 187 Å². The van der Waals surface area contributed by atoms with E-state index in [2.05, 4.69) is 19.2 Å². The number of unbranched alkanes of at least 4 members (excludes halogenated alkanes) is 23. The Bertz CT molecular complexity index is 568. The number of hydrogen-bond acceptors (Lipinski definition) is 4. The first kappa shape index (κ1) is 40.1. The molecule has 3 unspecified atom stereocenters. The molecule has 0 rings (SSSR count). The van der Waals surface area contributed by atoms with E-state index >= 15 is 0 Å². The third-order valence-electron chi connectivity index (χ3n) is 8.32. The zero-order chi connectivity index (χ0) is 30.2. The molecule has 5 heteroatoms. The van der Waals surface area contributed by atoms with Crippen LogP contribution < -0.4 is 5.32 Å². The largest absolute Gasteiger partial charge is 0.394 e. The number of aliphatic hydroxyl groups excluding tert-OH is 3. The van der Waals surface area contributed by atoms with Gasteiger partial charge in [-0.25, -0.2) is 0 Å². The molecule has 1 amide bonds. The summed E-state index contributed by atoms with van der Waals surface area (Å²) in [5.41, 5.74) is 0. The van der Waals surface area contributed by atoms with Crippen molar-refractivity contribution in [3.63, 3.8) is 0 Å². The Morgan fingerprint density at radius 2 is 1.00 bits per heavy atom. The van der Waals surface area contributed by atoms with E-state index in [1.165, 1.54) is 135 Å². The predicted octanol–water partition coefficient (Wildman–Crippen LogP) is 9.31. The molecule has 0 fully saturated rings. The lowest BCUT2D eigenvalue weighted by molar-refractivity contribution is -0.124. The Morgan fingerprint density at radius 3 is 1.41 bits per heavy atom. The number of carbonyl (C=O) groups is 1. The SMILES string of the molecule is CCCCCCCCCCCCC/C=C/C(O)C(CO)NC(=O)CC(O)CCCCCCCCCCCCCCC. The molecular formula is C36H71NO4. The number of amides is 1. The molecule has 0 spiro atoms. The summed E-state index contributed by atoms with van der Waals surface area (Å²) in [6.07, 6.45) is 34.7. The highest BCUT2D eigenvalue weighted by atomic mass is 16.3. The van der Waals surface area contributed by atoms with Crippen molar-refractivity contribution < 1.29 is 20.1 Å². The van der Waals surface area contributed by atoms with E-state index in [9.17, 15) is 20.1 Å². The van der Waals surface area contributed by atoms with Gasteiger partial charge in [-0.15, -0.1) is 0 Å². The molecule has 0 aliphatic carbocycles. The fourth-order valence-corrected chi connectivity index (χ4v) is 5.51. The van der Waals surface area contributed by atoms with Gasteiger partial charge in [-0.3, -0.25) is 4.79 Å². The van der Waals surface area contributed by atoms with Gasteiger partial charge in [-0.2, -0.15) is 0 Å². The summed E-state index contributed by atoms with van der Waals surface area (Å²) < 4.78 is 0. The maximum Gasteiger partial charge on any atom is 0.222 e. The minimum Gasteiger partial charge on any atom is -0.394 e. The predicted molar refractivity (Wildman–Crippen MR) is 176 cm³/mol. The first-order chi connectivity index (χ1) is 20.0. The van der Waals surface area contributed by atoms with Crippen LogP contribution in [0.4, 0.5) is 0 Å². The van der Waals surface area contributed by atoms with Crippen LogP contribution >= 0.6 is 0 Å². The molecule has 0 aliphatic heterocycles. The molecule has 0 aliphatic rings. The number of carbonyl (C=O) groups excluding carboxylic acids is 1. The molecule has 0 heterocycles. The highest BCUT2D eigenvalue weighted by Crippen LogP contribution is 2.15. The second-order valence-electron chi connectivity index (χ2n) is 12.5. The highest BCUT2D eigenvalue weighted by molar-refractivity contribution is 5.76. The molecule has 5 nitrogen and oxygen atoms in total. The molecule has 0 saturated heterocycles. The second kappa shape index (κ2) is 32.0. The molecule has 0 bridgehead atoms. The minimum absolute atomic E-state index is 0.0178. The van der Waals surface area contributed by atoms with E-state index < -0.39 is 18.2 Å².